The highest BCUT2D eigenvalue weighted by molar-refractivity contribution is 6.14. The third-order valence-electron chi connectivity index (χ3n) is 16.0. The Kier molecular flexibility index (Phi) is 10.6. The van der Waals surface area contributed by atoms with Gasteiger partial charge >= 0.3 is 0 Å². The van der Waals surface area contributed by atoms with Crippen LogP contribution in [0.5, 0.6) is 0 Å². The van der Waals surface area contributed by atoms with Crippen LogP contribution in [0.15, 0.2) is 279 Å². The van der Waals surface area contributed by atoms with Crippen LogP contribution in [-0.2, 0) is 0 Å². The second-order valence-electron chi connectivity index (χ2n) is 20.7. The molecule has 2 aromatic heterocycles. The molecule has 0 N–H and O–H groups in total. The molecule has 0 amide bonds. The van der Waals surface area contributed by atoms with E-state index in [9.17, 15) is 0 Å². The summed E-state index contributed by atoms with van der Waals surface area (Å²) < 4.78 is 4.80. The van der Waals surface area contributed by atoms with Crippen LogP contribution in [0, 0.1) is 13.8 Å². The fourth-order valence-corrected chi connectivity index (χ4v) is 12.3. The summed E-state index contributed by atoms with van der Waals surface area (Å²) in [5.41, 5.74) is 18.5. The van der Waals surface area contributed by atoms with Crippen molar-refractivity contribution in [3.05, 3.63) is 290 Å². The summed E-state index contributed by atoms with van der Waals surface area (Å²) in [6.07, 6.45) is 0. The first-order valence-electron chi connectivity index (χ1n) is 26.9. The van der Waals surface area contributed by atoms with Crippen LogP contribution in [0.1, 0.15) is 11.1 Å². The van der Waals surface area contributed by atoms with Crippen LogP contribution in [0.2, 0.25) is 0 Å². The zero-order valence-electron chi connectivity index (χ0n) is 43.3. The molecule has 0 aliphatic rings. The molecule has 15 rings (SSSR count). The minimum atomic E-state index is 1.08. The van der Waals surface area contributed by atoms with Crippen LogP contribution in [0.3, 0.4) is 0 Å². The van der Waals surface area contributed by atoms with Crippen molar-refractivity contribution in [1.82, 2.24) is 9.13 Å². The maximum atomic E-state index is 2.48. The number of hydrogen-bond donors (Lipinski definition) is 0. The smallest absolute Gasteiger partial charge is 0.0542 e. The van der Waals surface area contributed by atoms with Crippen molar-refractivity contribution in [3.63, 3.8) is 0 Å². The Labute approximate surface area is 453 Å². The molecule has 0 fully saturated rings. The van der Waals surface area contributed by atoms with Crippen molar-refractivity contribution in [2.24, 2.45) is 0 Å². The molecule has 4 heteroatoms. The van der Waals surface area contributed by atoms with Crippen LogP contribution in [-0.4, -0.2) is 9.13 Å². The second-order valence-corrected chi connectivity index (χ2v) is 20.7. The minimum absolute atomic E-state index is 1.08. The summed E-state index contributed by atoms with van der Waals surface area (Å²) in [6.45, 7) is 4.29. The van der Waals surface area contributed by atoms with Gasteiger partial charge in [-0.1, -0.05) is 187 Å². The molecule has 4 nitrogen and oxygen atoms in total. The average molecular weight is 997 g/mol. The largest absolute Gasteiger partial charge is 0.310 e. The Bertz CT molecular complexity index is 4800. The number of hydrogen-bond acceptors (Lipinski definition) is 2. The van der Waals surface area contributed by atoms with Gasteiger partial charge in [0.2, 0.25) is 0 Å². The number of aromatic nitrogens is 2. The van der Waals surface area contributed by atoms with Gasteiger partial charge in [-0.2, -0.15) is 0 Å². The molecule has 0 atom stereocenters. The minimum Gasteiger partial charge on any atom is -0.310 e. The standard InChI is InChI=1S/C74H52N4/c1-49-31-37-55(38-32-49)76-70-26-9-7-21-64(70)66-47-57(43-45-73(66)76)75(68-28-11-17-51-15-3-5-19-60(51)68)54-41-35-53(36-42-54)59-23-13-25-63-62(59)24-14-30-72(63)78(69-29-12-18-52-16-4-6-20-61(52)69)58-44-46-74-67(48-58)65-22-8-10-27-71(65)77(74)56-39-33-50(2)34-40-56/h3-48H,1-2H3. The number of benzene rings is 13. The number of para-hydroxylation sites is 2. The summed E-state index contributed by atoms with van der Waals surface area (Å²) in [6, 6.07) is 103. The van der Waals surface area contributed by atoms with Gasteiger partial charge in [-0.3, -0.25) is 0 Å². The Morgan fingerprint density at radius 3 is 1.19 bits per heavy atom. The van der Waals surface area contributed by atoms with Crippen LogP contribution >= 0.6 is 0 Å². The predicted octanol–water partition coefficient (Wildman–Crippen LogP) is 20.6. The van der Waals surface area contributed by atoms with Gasteiger partial charge in [-0.15, -0.1) is 0 Å². The van der Waals surface area contributed by atoms with Gasteiger partial charge in [-0.25, -0.2) is 0 Å². The molecule has 0 spiro atoms. The fourth-order valence-electron chi connectivity index (χ4n) is 12.3. The highest BCUT2D eigenvalue weighted by Crippen LogP contribution is 2.47. The summed E-state index contributed by atoms with van der Waals surface area (Å²) in [5, 5.41) is 12.0. The van der Waals surface area contributed by atoms with Crippen molar-refractivity contribution in [2.75, 3.05) is 9.80 Å². The highest BCUT2D eigenvalue weighted by Gasteiger charge is 2.23. The van der Waals surface area contributed by atoms with E-state index in [4.69, 9.17) is 0 Å². The van der Waals surface area contributed by atoms with Crippen molar-refractivity contribution in [3.8, 4) is 22.5 Å². The SMILES string of the molecule is Cc1ccc(-n2c3ccccc3c3cc(N(c4ccc(-c5cccc6c(N(c7ccc8c(c7)c7ccccc7n8-c7ccc(C)cc7)c7cccc8ccccc78)cccc56)cc4)c4cccc5ccccc45)ccc32)cc1. The predicted molar refractivity (Wildman–Crippen MR) is 332 cm³/mol. The fraction of sp³-hybridized carbons (Fsp3) is 0.0270. The topological polar surface area (TPSA) is 16.3 Å². The normalized spacial score (nSPS) is 11.7. The zero-order valence-corrected chi connectivity index (χ0v) is 43.3. The van der Waals surface area contributed by atoms with Crippen molar-refractivity contribution < 1.29 is 0 Å². The van der Waals surface area contributed by atoms with Crippen molar-refractivity contribution in [2.45, 2.75) is 13.8 Å². The Morgan fingerprint density at radius 1 is 0.256 bits per heavy atom. The van der Waals surface area contributed by atoms with Gasteiger partial charge in [0.05, 0.1) is 39.1 Å². The van der Waals surface area contributed by atoms with E-state index < -0.39 is 0 Å². The van der Waals surface area contributed by atoms with Gasteiger partial charge < -0.3 is 18.9 Å². The molecule has 0 radical (unpaired) electrons. The number of anilines is 6. The quantitative estimate of drug-likeness (QED) is 0.143. The first-order valence-corrected chi connectivity index (χ1v) is 26.9. The molecule has 0 aliphatic heterocycles. The molecule has 78 heavy (non-hydrogen) atoms. The summed E-state index contributed by atoms with van der Waals surface area (Å²) in [4.78, 5) is 4.91. The van der Waals surface area contributed by atoms with E-state index in [0.717, 1.165) is 51.1 Å². The van der Waals surface area contributed by atoms with Crippen LogP contribution in [0.25, 0.3) is 98.4 Å². The van der Waals surface area contributed by atoms with E-state index in [1.165, 1.54) is 92.6 Å². The molecule has 0 unspecified atom stereocenters. The molecular weight excluding hydrogens is 945 g/mol. The van der Waals surface area contributed by atoms with Gasteiger partial charge in [0.25, 0.3) is 0 Å². The monoisotopic (exact) mass is 996 g/mol. The van der Waals surface area contributed by atoms with Crippen LogP contribution in [0.4, 0.5) is 34.1 Å². The van der Waals surface area contributed by atoms with E-state index in [-0.39, 0.29) is 0 Å². The third-order valence-corrected chi connectivity index (χ3v) is 16.0. The maximum Gasteiger partial charge on any atom is 0.0542 e. The van der Waals surface area contributed by atoms with E-state index in [2.05, 4.69) is 312 Å². The highest BCUT2D eigenvalue weighted by atomic mass is 15.2. The summed E-state index contributed by atoms with van der Waals surface area (Å²) >= 11 is 0. The molecule has 0 bridgehead atoms. The Balaban J connectivity index is 0.879. The van der Waals surface area contributed by atoms with Crippen molar-refractivity contribution in [1.29, 1.82) is 0 Å². The molecule has 0 saturated carbocycles. The zero-order chi connectivity index (χ0) is 51.8. The third kappa shape index (κ3) is 7.37. The first kappa shape index (κ1) is 45.3. The Hall–Kier alpha value is -10.2. The van der Waals surface area contributed by atoms with E-state index >= 15 is 0 Å². The average Bonchev–Trinajstić information content (AvgIpc) is 4.21. The van der Waals surface area contributed by atoms with Gasteiger partial charge in [-0.05, 0) is 144 Å². The van der Waals surface area contributed by atoms with Gasteiger partial charge in [0.15, 0.2) is 0 Å². The molecule has 0 saturated heterocycles. The molecule has 0 aliphatic carbocycles. The number of fused-ring (bicyclic) bond motifs is 9. The van der Waals surface area contributed by atoms with E-state index in [1.54, 1.807) is 0 Å². The van der Waals surface area contributed by atoms with E-state index in [1.807, 2.05) is 0 Å². The lowest BCUT2D eigenvalue weighted by Crippen LogP contribution is -2.11. The lowest BCUT2D eigenvalue weighted by atomic mass is 9.96. The number of rotatable bonds is 9. The van der Waals surface area contributed by atoms with E-state index in [0.29, 0.717) is 0 Å². The van der Waals surface area contributed by atoms with Gasteiger partial charge in [0, 0.05) is 66.1 Å². The number of aryl methyl sites for hydroxylation is 2. The first-order chi connectivity index (χ1) is 38.5. The molecule has 2 heterocycles. The number of nitrogens with zero attached hydrogens (tertiary/aromatic N) is 4. The van der Waals surface area contributed by atoms with Crippen LogP contribution < -0.4 is 9.80 Å². The summed E-state index contributed by atoms with van der Waals surface area (Å²) in [7, 11) is 0. The maximum absolute atomic E-state index is 2.48. The molecule has 13 aromatic carbocycles. The molecular formula is C74H52N4. The lowest BCUT2D eigenvalue weighted by Gasteiger charge is -2.29. The molecule has 368 valence electrons. The van der Waals surface area contributed by atoms with Crippen molar-refractivity contribution >= 4 is 110 Å². The molecule has 15 aromatic rings. The second kappa shape index (κ2) is 18.3. The lowest BCUT2D eigenvalue weighted by molar-refractivity contribution is 1.17. The Morgan fingerprint density at radius 2 is 0.641 bits per heavy atom. The van der Waals surface area contributed by atoms with Gasteiger partial charge in [0.1, 0.15) is 0 Å². The summed E-state index contributed by atoms with van der Waals surface area (Å²) in [5.74, 6) is 0.